The van der Waals surface area contributed by atoms with Gasteiger partial charge in [0.05, 0.1) is 6.61 Å². The van der Waals surface area contributed by atoms with Crippen LogP contribution in [0.15, 0.2) is 0 Å². The maximum Gasteiger partial charge on any atom is 0.0589 e. The number of hydrogen-bond acceptors (Lipinski definition) is 4. The molecule has 0 aromatic heterocycles. The molecule has 2 N–H and O–H groups in total. The highest BCUT2D eigenvalue weighted by Gasteiger charge is 2.27. The molecule has 1 atom stereocenters. The molecule has 0 spiro atoms. The average molecular weight is 232 g/mol. The van der Waals surface area contributed by atoms with Gasteiger partial charge in [-0.15, -0.1) is 0 Å². The lowest BCUT2D eigenvalue weighted by molar-refractivity contribution is 0.0591. The van der Waals surface area contributed by atoms with Crippen LogP contribution in [0, 0.1) is 0 Å². The quantitative estimate of drug-likeness (QED) is 0.573. The van der Waals surface area contributed by atoms with E-state index >= 15 is 0 Å². The van der Waals surface area contributed by atoms with Gasteiger partial charge in [0.25, 0.3) is 0 Å². The fraction of sp³-hybridized carbons (Fsp3) is 1.00. The van der Waals surface area contributed by atoms with Gasteiger partial charge in [0.1, 0.15) is 0 Å². The molecule has 98 valence electrons. The molecule has 0 bridgehead atoms. The summed E-state index contributed by atoms with van der Waals surface area (Å²) in [5.74, 6) is 0. The molecule has 4 heteroatoms. The number of rotatable bonds is 10. The number of ether oxygens (including phenoxy) is 2. The van der Waals surface area contributed by atoms with Crippen LogP contribution < -0.4 is 5.73 Å². The molecule has 0 rings (SSSR count). The second-order valence-corrected chi connectivity index (χ2v) is 4.38. The second kappa shape index (κ2) is 8.93. The Morgan fingerprint density at radius 2 is 1.75 bits per heavy atom. The molecular weight excluding hydrogens is 204 g/mol. The molecule has 0 heterocycles. The molecule has 0 aliphatic rings. The van der Waals surface area contributed by atoms with Gasteiger partial charge in [-0.2, -0.15) is 0 Å². The summed E-state index contributed by atoms with van der Waals surface area (Å²) in [6, 6.07) is 0. The van der Waals surface area contributed by atoms with Crippen molar-refractivity contribution in [1.82, 2.24) is 4.90 Å². The normalized spacial score (nSPS) is 15.4. The Hall–Kier alpha value is -0.160. The zero-order valence-corrected chi connectivity index (χ0v) is 11.3. The lowest BCUT2D eigenvalue weighted by atomic mass is 9.96. The van der Waals surface area contributed by atoms with E-state index in [1.165, 1.54) is 0 Å². The molecule has 0 aromatic carbocycles. The van der Waals surface area contributed by atoms with Crippen molar-refractivity contribution in [3.05, 3.63) is 0 Å². The van der Waals surface area contributed by atoms with E-state index in [4.69, 9.17) is 15.2 Å². The molecule has 0 saturated heterocycles. The van der Waals surface area contributed by atoms with Crippen molar-refractivity contribution in [2.45, 2.75) is 32.2 Å². The molecule has 0 aliphatic carbocycles. The maximum absolute atomic E-state index is 5.88. The van der Waals surface area contributed by atoms with Crippen LogP contribution in [0.2, 0.25) is 0 Å². The summed E-state index contributed by atoms with van der Waals surface area (Å²) in [6.07, 6.45) is 2.09. The van der Waals surface area contributed by atoms with Gasteiger partial charge in [0, 0.05) is 46.0 Å². The SMILES string of the molecule is CCC(C)(CN)N(CCCOC)CCOC. The Balaban J connectivity index is 4.26. The van der Waals surface area contributed by atoms with Crippen molar-refractivity contribution in [2.75, 3.05) is 47.1 Å². The van der Waals surface area contributed by atoms with Gasteiger partial charge in [-0.25, -0.2) is 0 Å². The highest BCUT2D eigenvalue weighted by Crippen LogP contribution is 2.18. The minimum Gasteiger partial charge on any atom is -0.385 e. The van der Waals surface area contributed by atoms with E-state index in [0.717, 1.165) is 39.1 Å². The number of hydrogen-bond donors (Lipinski definition) is 1. The Labute approximate surface area is 100 Å². The Morgan fingerprint density at radius 3 is 2.19 bits per heavy atom. The molecule has 16 heavy (non-hydrogen) atoms. The summed E-state index contributed by atoms with van der Waals surface area (Å²) in [6.45, 7) is 8.58. The monoisotopic (exact) mass is 232 g/mol. The van der Waals surface area contributed by atoms with Crippen LogP contribution in [0.1, 0.15) is 26.7 Å². The molecule has 0 fully saturated rings. The molecule has 0 aromatic rings. The van der Waals surface area contributed by atoms with Crippen LogP contribution in [-0.2, 0) is 9.47 Å². The first kappa shape index (κ1) is 15.8. The Morgan fingerprint density at radius 1 is 1.12 bits per heavy atom. The summed E-state index contributed by atoms with van der Waals surface area (Å²) in [5.41, 5.74) is 5.96. The van der Waals surface area contributed by atoms with Crippen LogP contribution in [-0.4, -0.2) is 57.5 Å². The van der Waals surface area contributed by atoms with E-state index in [1.807, 2.05) is 0 Å². The van der Waals surface area contributed by atoms with Crippen LogP contribution >= 0.6 is 0 Å². The fourth-order valence-electron chi connectivity index (χ4n) is 1.75. The molecule has 0 aliphatic heterocycles. The van der Waals surface area contributed by atoms with E-state index in [-0.39, 0.29) is 5.54 Å². The van der Waals surface area contributed by atoms with E-state index in [9.17, 15) is 0 Å². The summed E-state index contributed by atoms with van der Waals surface area (Å²) >= 11 is 0. The lowest BCUT2D eigenvalue weighted by Gasteiger charge is -2.40. The van der Waals surface area contributed by atoms with E-state index in [0.29, 0.717) is 6.54 Å². The third-order valence-electron chi connectivity index (χ3n) is 3.31. The third-order valence-corrected chi connectivity index (χ3v) is 3.31. The van der Waals surface area contributed by atoms with Crippen molar-refractivity contribution >= 4 is 0 Å². The lowest BCUT2D eigenvalue weighted by Crippen LogP contribution is -2.52. The molecule has 4 nitrogen and oxygen atoms in total. The van der Waals surface area contributed by atoms with Gasteiger partial charge in [0.15, 0.2) is 0 Å². The first-order valence-corrected chi connectivity index (χ1v) is 6.07. The van der Waals surface area contributed by atoms with E-state index < -0.39 is 0 Å². The summed E-state index contributed by atoms with van der Waals surface area (Å²) < 4.78 is 10.2. The predicted molar refractivity (Wildman–Crippen MR) is 67.7 cm³/mol. The summed E-state index contributed by atoms with van der Waals surface area (Å²) in [7, 11) is 3.47. The smallest absolute Gasteiger partial charge is 0.0589 e. The molecule has 0 radical (unpaired) electrons. The van der Waals surface area contributed by atoms with E-state index in [2.05, 4.69) is 18.7 Å². The van der Waals surface area contributed by atoms with E-state index in [1.54, 1.807) is 14.2 Å². The van der Waals surface area contributed by atoms with Crippen molar-refractivity contribution in [3.8, 4) is 0 Å². The predicted octanol–water partition coefficient (Wildman–Crippen LogP) is 1.10. The zero-order valence-electron chi connectivity index (χ0n) is 11.3. The van der Waals surface area contributed by atoms with Crippen LogP contribution in [0.25, 0.3) is 0 Å². The van der Waals surface area contributed by atoms with Crippen molar-refractivity contribution in [1.29, 1.82) is 0 Å². The minimum atomic E-state index is 0.0757. The van der Waals surface area contributed by atoms with Gasteiger partial charge in [-0.1, -0.05) is 6.92 Å². The number of methoxy groups -OCH3 is 2. The summed E-state index contributed by atoms with van der Waals surface area (Å²) in [5, 5.41) is 0. The highest BCUT2D eigenvalue weighted by molar-refractivity contribution is 4.86. The summed E-state index contributed by atoms with van der Waals surface area (Å²) in [4.78, 5) is 2.41. The van der Waals surface area contributed by atoms with Gasteiger partial charge < -0.3 is 15.2 Å². The number of nitrogens with zero attached hydrogens (tertiary/aromatic N) is 1. The number of nitrogens with two attached hydrogens (primary N) is 1. The Bertz CT molecular complexity index is 161. The molecular formula is C12H28N2O2. The third kappa shape index (κ3) is 5.25. The topological polar surface area (TPSA) is 47.7 Å². The second-order valence-electron chi connectivity index (χ2n) is 4.38. The van der Waals surface area contributed by atoms with Gasteiger partial charge >= 0.3 is 0 Å². The van der Waals surface area contributed by atoms with Gasteiger partial charge in [-0.3, -0.25) is 4.90 Å². The first-order valence-electron chi connectivity index (χ1n) is 6.07. The van der Waals surface area contributed by atoms with Crippen LogP contribution in [0.5, 0.6) is 0 Å². The molecule has 0 saturated carbocycles. The Kier molecular flexibility index (Phi) is 8.84. The van der Waals surface area contributed by atoms with Gasteiger partial charge in [-0.05, 0) is 19.8 Å². The van der Waals surface area contributed by atoms with Crippen LogP contribution in [0.3, 0.4) is 0 Å². The van der Waals surface area contributed by atoms with Crippen LogP contribution in [0.4, 0.5) is 0 Å². The van der Waals surface area contributed by atoms with Crippen molar-refractivity contribution < 1.29 is 9.47 Å². The minimum absolute atomic E-state index is 0.0757. The fourth-order valence-corrected chi connectivity index (χ4v) is 1.75. The highest BCUT2D eigenvalue weighted by atomic mass is 16.5. The maximum atomic E-state index is 5.88. The first-order chi connectivity index (χ1) is 7.64. The van der Waals surface area contributed by atoms with Gasteiger partial charge in [0.2, 0.25) is 0 Å². The van der Waals surface area contributed by atoms with Crippen molar-refractivity contribution in [2.24, 2.45) is 5.73 Å². The molecule has 1 unspecified atom stereocenters. The molecule has 0 amide bonds. The largest absolute Gasteiger partial charge is 0.385 e. The standard InChI is InChI=1S/C12H28N2O2/c1-5-12(2,11-13)14(8-10-16-4)7-6-9-15-3/h5-11,13H2,1-4H3. The average Bonchev–Trinajstić information content (AvgIpc) is 2.32. The zero-order chi connectivity index (χ0) is 12.4. The van der Waals surface area contributed by atoms with Crippen molar-refractivity contribution in [3.63, 3.8) is 0 Å².